The summed E-state index contributed by atoms with van der Waals surface area (Å²) in [5.74, 6) is 1.68. The zero-order valence-corrected chi connectivity index (χ0v) is 12.7. The van der Waals surface area contributed by atoms with Crippen LogP contribution in [0.4, 0.5) is 0 Å². The van der Waals surface area contributed by atoms with Crippen molar-refractivity contribution in [1.82, 2.24) is 10.4 Å². The predicted molar refractivity (Wildman–Crippen MR) is 78.7 cm³/mol. The van der Waals surface area contributed by atoms with Crippen molar-refractivity contribution in [1.29, 1.82) is 0 Å². The minimum absolute atomic E-state index is 0.126. The Hall–Kier alpha value is -0.160. The van der Waals surface area contributed by atoms with Gasteiger partial charge in [-0.1, -0.05) is 26.7 Å². The van der Waals surface area contributed by atoms with Gasteiger partial charge in [0.1, 0.15) is 0 Å². The molecule has 2 atom stereocenters. The summed E-state index contributed by atoms with van der Waals surface area (Å²) in [5.41, 5.74) is 10.0. The predicted octanol–water partition coefficient (Wildman–Crippen LogP) is 1.76. The van der Waals surface area contributed by atoms with Crippen LogP contribution >= 0.6 is 0 Å². The number of hydrogen-bond donors (Lipinski definition) is 2. The van der Waals surface area contributed by atoms with Gasteiger partial charge in [0, 0.05) is 25.2 Å². The summed E-state index contributed by atoms with van der Waals surface area (Å²) in [6, 6.07) is 0. The van der Waals surface area contributed by atoms with Crippen LogP contribution in [0.3, 0.4) is 0 Å². The largest absolute Gasteiger partial charge is 0.379 e. The standard InChI is InChI=1S/C15H31N3O/c1-13(2)14-4-3-6-15(12-16,7-5-14)17-18-8-10-19-11-9-18/h13-14,17H,3-12,16H2,1-2H3. The molecule has 1 aliphatic carbocycles. The maximum atomic E-state index is 6.13. The number of nitrogens with zero attached hydrogens (tertiary/aromatic N) is 1. The number of ether oxygens (including phenoxy) is 1. The van der Waals surface area contributed by atoms with E-state index < -0.39 is 0 Å². The van der Waals surface area contributed by atoms with Gasteiger partial charge in [-0.05, 0) is 31.1 Å². The first-order valence-electron chi connectivity index (χ1n) is 7.96. The monoisotopic (exact) mass is 269 g/mol. The summed E-state index contributed by atoms with van der Waals surface area (Å²) in [6.45, 7) is 9.09. The molecule has 1 heterocycles. The molecular weight excluding hydrogens is 238 g/mol. The zero-order chi connectivity index (χ0) is 13.7. The molecular formula is C15H31N3O. The molecule has 0 amide bonds. The highest BCUT2D eigenvalue weighted by Gasteiger charge is 2.34. The van der Waals surface area contributed by atoms with Crippen LogP contribution < -0.4 is 11.2 Å². The van der Waals surface area contributed by atoms with E-state index >= 15 is 0 Å². The molecule has 3 N–H and O–H groups in total. The van der Waals surface area contributed by atoms with E-state index in [4.69, 9.17) is 10.5 Å². The first-order valence-corrected chi connectivity index (χ1v) is 7.96. The van der Waals surface area contributed by atoms with Gasteiger partial charge in [0.05, 0.1) is 13.2 Å². The Labute approximate surface area is 118 Å². The highest BCUT2D eigenvalue weighted by atomic mass is 16.5. The topological polar surface area (TPSA) is 50.5 Å². The molecule has 2 unspecified atom stereocenters. The van der Waals surface area contributed by atoms with Crippen molar-refractivity contribution >= 4 is 0 Å². The summed E-state index contributed by atoms with van der Waals surface area (Å²) in [7, 11) is 0. The molecule has 1 saturated heterocycles. The summed E-state index contributed by atoms with van der Waals surface area (Å²) >= 11 is 0. The Morgan fingerprint density at radius 1 is 1.26 bits per heavy atom. The zero-order valence-electron chi connectivity index (χ0n) is 12.7. The third-order valence-corrected chi connectivity index (χ3v) is 4.96. The third-order valence-electron chi connectivity index (χ3n) is 4.96. The molecule has 2 rings (SSSR count). The average Bonchev–Trinajstić information content (AvgIpc) is 2.63. The van der Waals surface area contributed by atoms with Crippen molar-refractivity contribution < 1.29 is 4.74 Å². The summed E-state index contributed by atoms with van der Waals surface area (Å²) in [4.78, 5) is 0. The fourth-order valence-corrected chi connectivity index (χ4v) is 3.47. The van der Waals surface area contributed by atoms with Crippen molar-refractivity contribution in [2.45, 2.75) is 51.5 Å². The molecule has 1 saturated carbocycles. The quantitative estimate of drug-likeness (QED) is 0.764. The summed E-state index contributed by atoms with van der Waals surface area (Å²) in [6.07, 6.45) is 6.40. The molecule has 2 aliphatic rings. The Morgan fingerprint density at radius 3 is 2.63 bits per heavy atom. The number of nitrogens with one attached hydrogen (secondary N) is 1. The molecule has 2 fully saturated rings. The number of hydrazine groups is 1. The van der Waals surface area contributed by atoms with Gasteiger partial charge < -0.3 is 10.5 Å². The highest BCUT2D eigenvalue weighted by molar-refractivity contribution is 4.92. The number of hydrogen-bond acceptors (Lipinski definition) is 4. The molecule has 0 aromatic rings. The molecule has 0 radical (unpaired) electrons. The highest BCUT2D eigenvalue weighted by Crippen LogP contribution is 2.33. The maximum Gasteiger partial charge on any atom is 0.0608 e. The smallest absolute Gasteiger partial charge is 0.0608 e. The van der Waals surface area contributed by atoms with E-state index in [1.165, 1.54) is 32.1 Å². The third kappa shape index (κ3) is 4.15. The molecule has 0 aromatic carbocycles. The summed E-state index contributed by atoms with van der Waals surface area (Å²) in [5, 5.41) is 2.33. The Bertz CT molecular complexity index is 266. The van der Waals surface area contributed by atoms with Crippen LogP contribution in [0.25, 0.3) is 0 Å². The van der Waals surface area contributed by atoms with Crippen molar-refractivity contribution in [3.05, 3.63) is 0 Å². The van der Waals surface area contributed by atoms with Crippen LogP contribution in [0.5, 0.6) is 0 Å². The molecule has 0 bridgehead atoms. The first-order chi connectivity index (χ1) is 9.15. The van der Waals surface area contributed by atoms with Gasteiger partial charge in [-0.15, -0.1) is 0 Å². The van der Waals surface area contributed by atoms with Crippen LogP contribution in [-0.2, 0) is 4.74 Å². The molecule has 4 nitrogen and oxygen atoms in total. The van der Waals surface area contributed by atoms with E-state index in [2.05, 4.69) is 24.3 Å². The Balaban J connectivity index is 1.93. The van der Waals surface area contributed by atoms with Gasteiger partial charge in [-0.2, -0.15) is 0 Å². The maximum absolute atomic E-state index is 6.13. The van der Waals surface area contributed by atoms with Gasteiger partial charge in [0.2, 0.25) is 0 Å². The second-order valence-corrected chi connectivity index (χ2v) is 6.63. The lowest BCUT2D eigenvalue weighted by atomic mass is 9.87. The van der Waals surface area contributed by atoms with Gasteiger partial charge in [0.25, 0.3) is 0 Å². The first kappa shape index (κ1) is 15.2. The van der Waals surface area contributed by atoms with Gasteiger partial charge in [-0.25, -0.2) is 10.4 Å². The van der Waals surface area contributed by atoms with Crippen LogP contribution in [0.15, 0.2) is 0 Å². The SMILES string of the molecule is CC(C)C1CCCC(CN)(NN2CCOCC2)CC1. The number of nitrogens with two attached hydrogens (primary N) is 1. The molecule has 19 heavy (non-hydrogen) atoms. The van der Waals surface area contributed by atoms with Gasteiger partial charge >= 0.3 is 0 Å². The van der Waals surface area contributed by atoms with Gasteiger partial charge in [0.15, 0.2) is 0 Å². The molecule has 4 heteroatoms. The van der Waals surface area contributed by atoms with Crippen LogP contribution in [0, 0.1) is 11.8 Å². The minimum Gasteiger partial charge on any atom is -0.379 e. The van der Waals surface area contributed by atoms with E-state index in [-0.39, 0.29) is 5.54 Å². The lowest BCUT2D eigenvalue weighted by Gasteiger charge is -2.40. The Morgan fingerprint density at radius 2 is 2.00 bits per heavy atom. The van der Waals surface area contributed by atoms with E-state index in [1.807, 2.05) is 0 Å². The molecule has 0 aromatic heterocycles. The number of rotatable bonds is 4. The Kier molecular flexibility index (Phi) is 5.63. The lowest BCUT2D eigenvalue weighted by molar-refractivity contribution is -0.0147. The van der Waals surface area contributed by atoms with E-state index in [0.717, 1.165) is 44.7 Å². The van der Waals surface area contributed by atoms with E-state index in [0.29, 0.717) is 0 Å². The van der Waals surface area contributed by atoms with Crippen molar-refractivity contribution in [2.24, 2.45) is 17.6 Å². The fourth-order valence-electron chi connectivity index (χ4n) is 3.47. The normalized spacial score (nSPS) is 34.4. The second kappa shape index (κ2) is 7.02. The van der Waals surface area contributed by atoms with Crippen LogP contribution in [0.2, 0.25) is 0 Å². The van der Waals surface area contributed by atoms with Crippen molar-refractivity contribution in [3.8, 4) is 0 Å². The van der Waals surface area contributed by atoms with Crippen molar-refractivity contribution in [3.63, 3.8) is 0 Å². The van der Waals surface area contributed by atoms with E-state index in [1.54, 1.807) is 0 Å². The molecule has 112 valence electrons. The van der Waals surface area contributed by atoms with Crippen LogP contribution in [0.1, 0.15) is 46.0 Å². The molecule has 0 spiro atoms. The fraction of sp³-hybridized carbons (Fsp3) is 1.00. The summed E-state index contributed by atoms with van der Waals surface area (Å²) < 4.78 is 5.42. The minimum atomic E-state index is 0.126. The lowest BCUT2D eigenvalue weighted by Crippen LogP contribution is -2.60. The average molecular weight is 269 g/mol. The van der Waals surface area contributed by atoms with Gasteiger partial charge in [-0.3, -0.25) is 0 Å². The van der Waals surface area contributed by atoms with Crippen LogP contribution in [-0.4, -0.2) is 43.4 Å². The van der Waals surface area contributed by atoms with Crippen molar-refractivity contribution in [2.75, 3.05) is 32.8 Å². The second-order valence-electron chi connectivity index (χ2n) is 6.63. The number of morpholine rings is 1. The van der Waals surface area contributed by atoms with E-state index in [9.17, 15) is 0 Å². The molecule has 1 aliphatic heterocycles.